The van der Waals surface area contributed by atoms with Gasteiger partial charge in [0.2, 0.25) is 0 Å². The summed E-state index contributed by atoms with van der Waals surface area (Å²) in [6, 6.07) is 18.3. The molecule has 0 saturated heterocycles. The number of aryl methyl sites for hydroxylation is 1. The van der Waals surface area contributed by atoms with Gasteiger partial charge in [-0.15, -0.1) is 0 Å². The van der Waals surface area contributed by atoms with E-state index in [4.69, 9.17) is 4.74 Å². The van der Waals surface area contributed by atoms with Crippen LogP contribution in [0.4, 0.5) is 18.9 Å². The van der Waals surface area contributed by atoms with Crippen LogP contribution in [0.5, 0.6) is 5.75 Å². The fourth-order valence-corrected chi connectivity index (χ4v) is 2.36. The van der Waals surface area contributed by atoms with E-state index in [1.165, 1.54) is 0 Å². The predicted octanol–water partition coefficient (Wildman–Crippen LogP) is 5.98. The SMILES string of the molecule is Cc1ccc(N=Cc2ccc(C(=O)Oc3ccc(C(F)(F)F)cc3)cc2)cc1. The van der Waals surface area contributed by atoms with Crippen molar-refractivity contribution in [1.29, 1.82) is 0 Å². The van der Waals surface area contributed by atoms with Crippen LogP contribution in [0.2, 0.25) is 0 Å². The third-order valence-corrected chi connectivity index (χ3v) is 3.94. The average molecular weight is 383 g/mol. The Balaban J connectivity index is 1.64. The van der Waals surface area contributed by atoms with Crippen LogP contribution in [0.15, 0.2) is 77.8 Å². The van der Waals surface area contributed by atoms with Gasteiger partial charge < -0.3 is 4.74 Å². The summed E-state index contributed by atoms with van der Waals surface area (Å²) in [6.45, 7) is 2.00. The van der Waals surface area contributed by atoms with E-state index < -0.39 is 17.7 Å². The van der Waals surface area contributed by atoms with Crippen molar-refractivity contribution >= 4 is 17.9 Å². The summed E-state index contributed by atoms with van der Waals surface area (Å²) in [6.07, 6.45) is -2.76. The third-order valence-electron chi connectivity index (χ3n) is 3.94. The van der Waals surface area contributed by atoms with Gasteiger partial charge in [0.25, 0.3) is 0 Å². The third kappa shape index (κ3) is 5.07. The number of benzene rings is 3. The zero-order valence-electron chi connectivity index (χ0n) is 14.9. The lowest BCUT2D eigenvalue weighted by atomic mass is 10.1. The molecule has 3 nitrogen and oxygen atoms in total. The molecule has 0 heterocycles. The van der Waals surface area contributed by atoms with Crippen LogP contribution < -0.4 is 4.74 Å². The molecule has 0 atom stereocenters. The molecule has 0 fully saturated rings. The number of nitrogens with zero attached hydrogens (tertiary/aromatic N) is 1. The molecule has 0 saturated carbocycles. The Bertz CT molecular complexity index is 974. The number of esters is 1. The summed E-state index contributed by atoms with van der Waals surface area (Å²) in [5.41, 5.74) is 2.25. The minimum atomic E-state index is -4.43. The van der Waals surface area contributed by atoms with Gasteiger partial charge in [0.1, 0.15) is 5.75 Å². The van der Waals surface area contributed by atoms with Crippen molar-refractivity contribution in [3.05, 3.63) is 95.1 Å². The molecule has 0 aliphatic carbocycles. The van der Waals surface area contributed by atoms with Crippen LogP contribution in [0.1, 0.15) is 27.0 Å². The molecule has 0 radical (unpaired) electrons. The first-order valence-corrected chi connectivity index (χ1v) is 8.41. The minimum Gasteiger partial charge on any atom is -0.423 e. The molecule has 0 unspecified atom stereocenters. The maximum atomic E-state index is 12.6. The molecule has 0 bridgehead atoms. The van der Waals surface area contributed by atoms with E-state index >= 15 is 0 Å². The predicted molar refractivity (Wildman–Crippen MR) is 101 cm³/mol. The highest BCUT2D eigenvalue weighted by Crippen LogP contribution is 2.30. The lowest BCUT2D eigenvalue weighted by Crippen LogP contribution is -2.09. The first kappa shape index (κ1) is 19.4. The number of ether oxygens (including phenoxy) is 1. The van der Waals surface area contributed by atoms with E-state index in [2.05, 4.69) is 4.99 Å². The summed E-state index contributed by atoms with van der Waals surface area (Å²) in [5, 5.41) is 0. The number of carbonyl (C=O) groups is 1. The van der Waals surface area contributed by atoms with E-state index in [-0.39, 0.29) is 11.3 Å². The average Bonchev–Trinajstić information content (AvgIpc) is 2.67. The van der Waals surface area contributed by atoms with Crippen LogP contribution in [0, 0.1) is 6.92 Å². The summed E-state index contributed by atoms with van der Waals surface area (Å²) in [7, 11) is 0. The fraction of sp³-hybridized carbons (Fsp3) is 0.0909. The minimum absolute atomic E-state index is 0.0445. The van der Waals surface area contributed by atoms with E-state index in [0.29, 0.717) is 0 Å². The van der Waals surface area contributed by atoms with Gasteiger partial charge in [0.15, 0.2) is 0 Å². The van der Waals surface area contributed by atoms with Crippen molar-refractivity contribution in [2.45, 2.75) is 13.1 Å². The lowest BCUT2D eigenvalue weighted by molar-refractivity contribution is -0.137. The van der Waals surface area contributed by atoms with Gasteiger partial charge >= 0.3 is 12.1 Å². The quantitative estimate of drug-likeness (QED) is 0.316. The smallest absolute Gasteiger partial charge is 0.416 e. The van der Waals surface area contributed by atoms with Crippen molar-refractivity contribution < 1.29 is 22.7 Å². The summed E-state index contributed by atoms with van der Waals surface area (Å²) < 4.78 is 42.8. The Morgan fingerprint density at radius 3 is 2.07 bits per heavy atom. The van der Waals surface area contributed by atoms with E-state index in [1.807, 2.05) is 31.2 Å². The molecule has 0 amide bonds. The van der Waals surface area contributed by atoms with Crippen molar-refractivity contribution in [3.63, 3.8) is 0 Å². The molecule has 3 rings (SSSR count). The number of alkyl halides is 3. The first-order valence-electron chi connectivity index (χ1n) is 8.41. The molecule has 28 heavy (non-hydrogen) atoms. The molecule has 6 heteroatoms. The summed E-state index contributed by atoms with van der Waals surface area (Å²) in [5.74, 6) is -0.607. The fourth-order valence-electron chi connectivity index (χ4n) is 2.36. The molecule has 0 spiro atoms. The number of rotatable bonds is 4. The van der Waals surface area contributed by atoms with Gasteiger partial charge in [-0.2, -0.15) is 13.2 Å². The maximum Gasteiger partial charge on any atom is 0.416 e. The standard InChI is InChI=1S/C22H16F3NO2/c1-15-2-10-19(11-3-15)26-14-16-4-6-17(7-5-16)21(27)28-20-12-8-18(9-13-20)22(23,24)25/h2-14H,1H3. The van der Waals surface area contributed by atoms with Crippen LogP contribution in [0.3, 0.4) is 0 Å². The molecule has 0 aliphatic heterocycles. The number of hydrogen-bond acceptors (Lipinski definition) is 3. The molecule has 0 aromatic heterocycles. The van der Waals surface area contributed by atoms with Gasteiger partial charge in [0, 0.05) is 6.21 Å². The highest BCUT2D eigenvalue weighted by atomic mass is 19.4. The molecule has 3 aromatic rings. The van der Waals surface area contributed by atoms with E-state index in [1.54, 1.807) is 30.5 Å². The monoisotopic (exact) mass is 383 g/mol. The molecular formula is C22H16F3NO2. The Kier molecular flexibility index (Phi) is 5.59. The van der Waals surface area contributed by atoms with Crippen molar-refractivity contribution in [2.75, 3.05) is 0 Å². The topological polar surface area (TPSA) is 38.7 Å². The Morgan fingerprint density at radius 1 is 0.893 bits per heavy atom. The van der Waals surface area contributed by atoms with Crippen LogP contribution in [-0.2, 0) is 6.18 Å². The van der Waals surface area contributed by atoms with E-state index in [0.717, 1.165) is 41.1 Å². The number of carbonyl (C=O) groups excluding carboxylic acids is 1. The van der Waals surface area contributed by atoms with Gasteiger partial charge in [-0.3, -0.25) is 4.99 Å². The molecule has 0 N–H and O–H groups in total. The van der Waals surface area contributed by atoms with E-state index in [9.17, 15) is 18.0 Å². The first-order chi connectivity index (χ1) is 13.3. The summed E-state index contributed by atoms with van der Waals surface area (Å²) in [4.78, 5) is 16.5. The van der Waals surface area contributed by atoms with Gasteiger partial charge in [-0.1, -0.05) is 29.8 Å². The molecular weight excluding hydrogens is 367 g/mol. The van der Waals surface area contributed by atoms with Crippen LogP contribution in [0.25, 0.3) is 0 Å². The highest BCUT2D eigenvalue weighted by molar-refractivity contribution is 5.92. The van der Waals surface area contributed by atoms with Crippen LogP contribution >= 0.6 is 0 Å². The normalized spacial score (nSPS) is 11.6. The lowest BCUT2D eigenvalue weighted by Gasteiger charge is -2.08. The Morgan fingerprint density at radius 2 is 1.50 bits per heavy atom. The zero-order valence-corrected chi connectivity index (χ0v) is 14.9. The van der Waals surface area contributed by atoms with Crippen LogP contribution in [-0.4, -0.2) is 12.2 Å². The second-order valence-electron chi connectivity index (χ2n) is 6.13. The molecule has 142 valence electrons. The molecule has 0 aliphatic rings. The number of halogens is 3. The van der Waals surface area contributed by atoms with Gasteiger partial charge in [0.05, 0.1) is 16.8 Å². The summed E-state index contributed by atoms with van der Waals surface area (Å²) >= 11 is 0. The van der Waals surface area contributed by atoms with Crippen molar-refractivity contribution in [3.8, 4) is 5.75 Å². The zero-order chi connectivity index (χ0) is 20.1. The number of aliphatic imine (C=N–C) groups is 1. The Hall–Kier alpha value is -3.41. The number of hydrogen-bond donors (Lipinski definition) is 0. The highest BCUT2D eigenvalue weighted by Gasteiger charge is 2.30. The largest absolute Gasteiger partial charge is 0.423 e. The van der Waals surface area contributed by atoms with Crippen molar-refractivity contribution in [2.24, 2.45) is 4.99 Å². The van der Waals surface area contributed by atoms with Gasteiger partial charge in [-0.05, 0) is 61.0 Å². The molecule has 3 aromatic carbocycles. The van der Waals surface area contributed by atoms with Crippen molar-refractivity contribution in [1.82, 2.24) is 0 Å². The second-order valence-corrected chi connectivity index (χ2v) is 6.13. The Labute approximate surface area is 160 Å². The van der Waals surface area contributed by atoms with Gasteiger partial charge in [-0.25, -0.2) is 4.79 Å². The second kappa shape index (κ2) is 8.08. The maximum absolute atomic E-state index is 12.6.